The molecule has 0 aliphatic carbocycles. The van der Waals surface area contributed by atoms with Crippen molar-refractivity contribution in [3.63, 3.8) is 0 Å². The molecule has 0 fully saturated rings. The molecule has 0 aromatic carbocycles. The summed E-state index contributed by atoms with van der Waals surface area (Å²) in [6, 6.07) is -0.233. The second kappa shape index (κ2) is 7.39. The quantitative estimate of drug-likeness (QED) is 0.480. The molecule has 0 heterocycles. The van der Waals surface area contributed by atoms with E-state index in [2.05, 4.69) is 10.6 Å². The smallest absolute Gasteiger partial charge is 0.314 e. The molecular weight excluding hydrogens is 172 g/mol. The van der Waals surface area contributed by atoms with Gasteiger partial charge in [0.2, 0.25) is 0 Å². The molecule has 0 aliphatic heterocycles. The monoisotopic (exact) mass is 188 g/mol. The molecule has 0 saturated carbocycles. The number of amides is 2. The summed E-state index contributed by atoms with van der Waals surface area (Å²) >= 11 is 0. The lowest BCUT2D eigenvalue weighted by Crippen LogP contribution is -2.33. The zero-order valence-electron chi connectivity index (χ0n) is 8.05. The Morgan fingerprint density at radius 3 is 2.62 bits per heavy atom. The van der Waals surface area contributed by atoms with E-state index < -0.39 is 0 Å². The van der Waals surface area contributed by atoms with Gasteiger partial charge in [-0.05, 0) is 13.3 Å². The van der Waals surface area contributed by atoms with E-state index in [4.69, 9.17) is 4.74 Å². The van der Waals surface area contributed by atoms with Crippen molar-refractivity contribution in [1.29, 1.82) is 0 Å². The second-order valence-electron chi connectivity index (χ2n) is 2.41. The molecule has 0 atom stereocenters. The molecule has 76 valence electrons. The number of hydrogen-bond acceptors (Lipinski definition) is 3. The minimum atomic E-state index is -0.233. The fourth-order valence-electron chi connectivity index (χ4n) is 0.756. The van der Waals surface area contributed by atoms with Gasteiger partial charge < -0.3 is 15.4 Å². The van der Waals surface area contributed by atoms with Crippen LogP contribution in [0.5, 0.6) is 0 Å². The average Bonchev–Trinajstić information content (AvgIpc) is 2.12. The van der Waals surface area contributed by atoms with Crippen molar-refractivity contribution in [3.05, 3.63) is 0 Å². The molecule has 0 aliphatic rings. The number of hydrogen-bond donors (Lipinski definition) is 2. The van der Waals surface area contributed by atoms with Crippen LogP contribution in [0.3, 0.4) is 0 Å². The van der Waals surface area contributed by atoms with Crippen LogP contribution < -0.4 is 10.6 Å². The van der Waals surface area contributed by atoms with Crippen LogP contribution in [0, 0.1) is 0 Å². The van der Waals surface area contributed by atoms with Crippen molar-refractivity contribution in [3.8, 4) is 0 Å². The molecule has 13 heavy (non-hydrogen) atoms. The van der Waals surface area contributed by atoms with Crippen LogP contribution in [0.2, 0.25) is 0 Å². The highest BCUT2D eigenvalue weighted by atomic mass is 16.5. The van der Waals surface area contributed by atoms with Gasteiger partial charge in [0.1, 0.15) is 0 Å². The number of nitrogens with one attached hydrogen (secondary N) is 2. The van der Waals surface area contributed by atoms with Gasteiger partial charge in [-0.1, -0.05) is 0 Å². The number of esters is 1. The fourth-order valence-corrected chi connectivity index (χ4v) is 0.756. The fraction of sp³-hybridized carbons (Fsp3) is 0.750. The Morgan fingerprint density at radius 2 is 2.08 bits per heavy atom. The normalized spacial score (nSPS) is 9.08. The average molecular weight is 188 g/mol. The van der Waals surface area contributed by atoms with Gasteiger partial charge in [0.25, 0.3) is 0 Å². The lowest BCUT2D eigenvalue weighted by atomic mass is 10.3. The highest BCUT2D eigenvalue weighted by Gasteiger charge is 2.01. The minimum Gasteiger partial charge on any atom is -0.466 e. The van der Waals surface area contributed by atoms with E-state index in [9.17, 15) is 9.59 Å². The van der Waals surface area contributed by atoms with Gasteiger partial charge in [0.05, 0.1) is 6.61 Å². The van der Waals surface area contributed by atoms with Gasteiger partial charge in [-0.3, -0.25) is 4.79 Å². The molecule has 5 nitrogen and oxygen atoms in total. The van der Waals surface area contributed by atoms with Crippen molar-refractivity contribution < 1.29 is 14.3 Å². The first kappa shape index (κ1) is 11.7. The van der Waals surface area contributed by atoms with Crippen LogP contribution in [0.25, 0.3) is 0 Å². The van der Waals surface area contributed by atoms with E-state index in [-0.39, 0.29) is 12.0 Å². The van der Waals surface area contributed by atoms with Crippen LogP contribution in [-0.4, -0.2) is 32.2 Å². The van der Waals surface area contributed by atoms with Crippen LogP contribution in [0.15, 0.2) is 0 Å². The van der Waals surface area contributed by atoms with Gasteiger partial charge in [0, 0.05) is 20.0 Å². The minimum absolute atomic E-state index is 0.221. The third kappa shape index (κ3) is 7.11. The zero-order chi connectivity index (χ0) is 10.1. The molecule has 0 spiro atoms. The summed E-state index contributed by atoms with van der Waals surface area (Å²) in [5.41, 5.74) is 0. The van der Waals surface area contributed by atoms with Crippen molar-refractivity contribution in [1.82, 2.24) is 10.6 Å². The van der Waals surface area contributed by atoms with Gasteiger partial charge >= 0.3 is 12.0 Å². The van der Waals surface area contributed by atoms with E-state index in [0.717, 1.165) is 0 Å². The SMILES string of the molecule is CCOC(=O)CCCNC(=O)NC. The van der Waals surface area contributed by atoms with E-state index >= 15 is 0 Å². The largest absolute Gasteiger partial charge is 0.466 e. The number of carbonyl (C=O) groups excluding carboxylic acids is 2. The zero-order valence-corrected chi connectivity index (χ0v) is 8.05. The molecule has 5 heteroatoms. The third-order valence-electron chi connectivity index (χ3n) is 1.38. The van der Waals surface area contributed by atoms with Crippen LogP contribution in [0.4, 0.5) is 4.79 Å². The molecule has 0 bridgehead atoms. The number of carbonyl (C=O) groups is 2. The molecule has 0 saturated heterocycles. The maximum Gasteiger partial charge on any atom is 0.314 e. The Kier molecular flexibility index (Phi) is 6.68. The summed E-state index contributed by atoms with van der Waals surface area (Å²) < 4.78 is 4.71. The van der Waals surface area contributed by atoms with Gasteiger partial charge in [-0.15, -0.1) is 0 Å². The first-order valence-electron chi connectivity index (χ1n) is 4.32. The molecular formula is C8H16N2O3. The Bertz CT molecular complexity index is 171. The molecule has 2 N–H and O–H groups in total. The first-order chi connectivity index (χ1) is 6.20. The van der Waals surface area contributed by atoms with Gasteiger partial charge in [-0.2, -0.15) is 0 Å². The van der Waals surface area contributed by atoms with Crippen LogP contribution in [-0.2, 0) is 9.53 Å². The van der Waals surface area contributed by atoms with E-state index in [1.54, 1.807) is 14.0 Å². The van der Waals surface area contributed by atoms with Gasteiger partial charge in [0.15, 0.2) is 0 Å². The van der Waals surface area contributed by atoms with Gasteiger partial charge in [-0.25, -0.2) is 4.79 Å². The van der Waals surface area contributed by atoms with E-state index in [1.165, 1.54) is 0 Å². The van der Waals surface area contributed by atoms with Crippen molar-refractivity contribution >= 4 is 12.0 Å². The Hall–Kier alpha value is -1.26. The maximum atomic E-state index is 10.8. The predicted octanol–water partition coefficient (Wildman–Crippen LogP) is 0.259. The standard InChI is InChI=1S/C8H16N2O3/c1-3-13-7(11)5-4-6-10-8(12)9-2/h3-6H2,1-2H3,(H2,9,10,12). The van der Waals surface area contributed by atoms with Crippen LogP contribution >= 0.6 is 0 Å². The Morgan fingerprint density at radius 1 is 1.38 bits per heavy atom. The van der Waals surface area contributed by atoms with Crippen molar-refractivity contribution in [2.75, 3.05) is 20.2 Å². The van der Waals surface area contributed by atoms with Crippen LogP contribution in [0.1, 0.15) is 19.8 Å². The highest BCUT2D eigenvalue weighted by Crippen LogP contribution is 1.90. The number of rotatable bonds is 5. The summed E-state index contributed by atoms with van der Waals surface area (Å²) in [5, 5.41) is 4.98. The van der Waals surface area contributed by atoms with E-state index in [1.807, 2.05) is 0 Å². The summed E-state index contributed by atoms with van der Waals surface area (Å²) in [4.78, 5) is 21.5. The maximum absolute atomic E-state index is 10.8. The van der Waals surface area contributed by atoms with E-state index in [0.29, 0.717) is 26.0 Å². The summed E-state index contributed by atoms with van der Waals surface area (Å²) in [6.07, 6.45) is 0.948. The Balaban J connectivity index is 3.25. The Labute approximate surface area is 77.8 Å². The van der Waals surface area contributed by atoms with Crippen molar-refractivity contribution in [2.45, 2.75) is 19.8 Å². The number of urea groups is 1. The summed E-state index contributed by atoms with van der Waals surface area (Å²) in [7, 11) is 1.54. The summed E-state index contributed by atoms with van der Waals surface area (Å²) in [5.74, 6) is -0.221. The third-order valence-corrected chi connectivity index (χ3v) is 1.38. The highest BCUT2D eigenvalue weighted by molar-refractivity contribution is 5.73. The van der Waals surface area contributed by atoms with Crippen molar-refractivity contribution in [2.24, 2.45) is 0 Å². The summed E-state index contributed by atoms with van der Waals surface area (Å²) in [6.45, 7) is 2.65. The molecule has 0 aromatic heterocycles. The number of ether oxygens (including phenoxy) is 1. The second-order valence-corrected chi connectivity index (χ2v) is 2.41. The molecule has 0 unspecified atom stereocenters. The molecule has 0 aromatic rings. The first-order valence-corrected chi connectivity index (χ1v) is 4.32. The molecule has 0 radical (unpaired) electrons. The topological polar surface area (TPSA) is 67.4 Å². The molecule has 0 rings (SSSR count). The lowest BCUT2D eigenvalue weighted by Gasteiger charge is -2.03. The molecule has 2 amide bonds. The lowest BCUT2D eigenvalue weighted by molar-refractivity contribution is -0.143. The predicted molar refractivity (Wildman–Crippen MR) is 48.3 cm³/mol.